The van der Waals surface area contributed by atoms with Gasteiger partial charge in [-0.3, -0.25) is 4.98 Å². The molecule has 2 atom stereocenters. The SMILES string of the molecule is O=CC(CC1CCCc2c(OC(=O)CO)cccc21)N(c1ccccc1)c1cccnc1. The van der Waals surface area contributed by atoms with E-state index in [1.807, 2.05) is 59.5 Å². The van der Waals surface area contributed by atoms with Crippen molar-refractivity contribution in [1.29, 1.82) is 0 Å². The predicted octanol–water partition coefficient (Wildman–Crippen LogP) is 4.20. The maximum Gasteiger partial charge on any atom is 0.337 e. The van der Waals surface area contributed by atoms with E-state index >= 15 is 0 Å². The number of ether oxygens (including phenoxy) is 1. The fraction of sp³-hybridized carbons (Fsp3) is 0.269. The van der Waals surface area contributed by atoms with Gasteiger partial charge in [0.2, 0.25) is 0 Å². The number of para-hydroxylation sites is 1. The second kappa shape index (κ2) is 10.2. The third-order valence-corrected chi connectivity index (χ3v) is 5.91. The molecular formula is C26H26N2O4. The van der Waals surface area contributed by atoms with E-state index in [2.05, 4.69) is 4.98 Å². The first kappa shape index (κ1) is 21.7. The molecule has 0 saturated carbocycles. The monoisotopic (exact) mass is 430 g/mol. The Balaban J connectivity index is 1.66. The molecule has 1 N–H and O–H groups in total. The Hall–Kier alpha value is -3.51. The van der Waals surface area contributed by atoms with Crippen LogP contribution < -0.4 is 9.64 Å². The first-order valence-corrected chi connectivity index (χ1v) is 10.8. The molecule has 1 aliphatic carbocycles. The van der Waals surface area contributed by atoms with Crippen molar-refractivity contribution in [1.82, 2.24) is 4.98 Å². The van der Waals surface area contributed by atoms with Crippen LogP contribution in [0.5, 0.6) is 5.75 Å². The highest BCUT2D eigenvalue weighted by Gasteiger charge is 2.29. The number of anilines is 2. The van der Waals surface area contributed by atoms with Gasteiger partial charge in [-0.05, 0) is 73.1 Å². The first-order valence-electron chi connectivity index (χ1n) is 10.8. The summed E-state index contributed by atoms with van der Waals surface area (Å²) in [7, 11) is 0. The Morgan fingerprint density at radius 3 is 2.66 bits per heavy atom. The zero-order valence-electron chi connectivity index (χ0n) is 17.8. The van der Waals surface area contributed by atoms with Crippen LogP contribution in [0, 0.1) is 0 Å². The van der Waals surface area contributed by atoms with Crippen molar-refractivity contribution >= 4 is 23.6 Å². The zero-order valence-corrected chi connectivity index (χ0v) is 17.8. The summed E-state index contributed by atoms with van der Waals surface area (Å²) < 4.78 is 5.35. The van der Waals surface area contributed by atoms with Gasteiger partial charge < -0.3 is 19.5 Å². The second-order valence-electron chi connectivity index (χ2n) is 7.90. The minimum absolute atomic E-state index is 0.143. The van der Waals surface area contributed by atoms with Crippen LogP contribution in [0.3, 0.4) is 0 Å². The Kier molecular flexibility index (Phi) is 6.92. The van der Waals surface area contributed by atoms with Gasteiger partial charge in [-0.2, -0.15) is 0 Å². The number of carbonyl (C=O) groups is 2. The average Bonchev–Trinajstić information content (AvgIpc) is 2.85. The topological polar surface area (TPSA) is 79.7 Å². The summed E-state index contributed by atoms with van der Waals surface area (Å²) in [6, 6.07) is 19.0. The molecule has 0 spiro atoms. The van der Waals surface area contributed by atoms with E-state index in [-0.39, 0.29) is 12.0 Å². The van der Waals surface area contributed by atoms with Crippen molar-refractivity contribution in [3.8, 4) is 5.75 Å². The van der Waals surface area contributed by atoms with Crippen molar-refractivity contribution < 1.29 is 19.4 Å². The summed E-state index contributed by atoms with van der Waals surface area (Å²) in [6.45, 7) is -0.655. The third kappa shape index (κ3) is 4.70. The van der Waals surface area contributed by atoms with Crippen molar-refractivity contribution in [3.63, 3.8) is 0 Å². The van der Waals surface area contributed by atoms with E-state index in [9.17, 15) is 9.59 Å². The maximum absolute atomic E-state index is 12.4. The molecule has 0 bridgehead atoms. The molecule has 1 aliphatic rings. The molecule has 0 fully saturated rings. The predicted molar refractivity (Wildman–Crippen MR) is 122 cm³/mol. The number of aliphatic hydroxyl groups excluding tert-OH is 1. The Morgan fingerprint density at radius 2 is 1.94 bits per heavy atom. The molecule has 2 unspecified atom stereocenters. The number of fused-ring (bicyclic) bond motifs is 1. The van der Waals surface area contributed by atoms with Crippen LogP contribution in [0.25, 0.3) is 0 Å². The number of hydrogen-bond donors (Lipinski definition) is 1. The van der Waals surface area contributed by atoms with Gasteiger partial charge in [0.15, 0.2) is 0 Å². The highest BCUT2D eigenvalue weighted by Crippen LogP contribution is 2.40. The Morgan fingerprint density at radius 1 is 1.12 bits per heavy atom. The van der Waals surface area contributed by atoms with E-state index in [4.69, 9.17) is 9.84 Å². The van der Waals surface area contributed by atoms with Gasteiger partial charge in [-0.15, -0.1) is 0 Å². The van der Waals surface area contributed by atoms with E-state index in [0.717, 1.165) is 48.1 Å². The van der Waals surface area contributed by atoms with Gasteiger partial charge in [0.05, 0.1) is 17.9 Å². The molecule has 0 radical (unpaired) electrons. The molecule has 164 valence electrons. The second-order valence-corrected chi connectivity index (χ2v) is 7.90. The van der Waals surface area contributed by atoms with Gasteiger partial charge in [-0.1, -0.05) is 30.3 Å². The molecule has 0 amide bonds. The summed E-state index contributed by atoms with van der Waals surface area (Å²) in [4.78, 5) is 30.3. The summed E-state index contributed by atoms with van der Waals surface area (Å²) in [5, 5.41) is 9.06. The van der Waals surface area contributed by atoms with E-state index in [1.165, 1.54) is 0 Å². The molecule has 0 saturated heterocycles. The van der Waals surface area contributed by atoms with Crippen LogP contribution in [0.4, 0.5) is 11.4 Å². The van der Waals surface area contributed by atoms with Gasteiger partial charge in [0, 0.05) is 11.9 Å². The Labute approximate surface area is 187 Å². The Bertz CT molecular complexity index is 1020. The summed E-state index contributed by atoms with van der Waals surface area (Å²) in [5.74, 6) is -0.0242. The third-order valence-electron chi connectivity index (χ3n) is 5.91. The molecule has 4 rings (SSSR count). The lowest BCUT2D eigenvalue weighted by molar-refractivity contribution is -0.137. The number of aliphatic hydroxyl groups is 1. The standard InChI is InChI=1S/C26H26N2O4/c29-17-22(28(20-8-2-1-3-9-20)21-10-6-14-27-16-21)15-19-7-4-12-24-23(19)11-5-13-25(24)32-26(31)18-30/h1-3,5-6,8-11,13-14,16-17,19,22,30H,4,7,12,15,18H2. The van der Waals surface area contributed by atoms with Gasteiger partial charge >= 0.3 is 5.97 Å². The largest absolute Gasteiger partial charge is 0.425 e. The van der Waals surface area contributed by atoms with Crippen LogP contribution in [-0.4, -0.2) is 35.0 Å². The quantitative estimate of drug-likeness (QED) is 0.328. The number of hydrogen-bond acceptors (Lipinski definition) is 6. The van der Waals surface area contributed by atoms with Crippen molar-refractivity contribution in [2.45, 2.75) is 37.6 Å². The molecule has 3 aromatic rings. The minimum Gasteiger partial charge on any atom is -0.425 e. The van der Waals surface area contributed by atoms with Crippen LogP contribution in [0.1, 0.15) is 36.3 Å². The number of rotatable bonds is 8. The van der Waals surface area contributed by atoms with Crippen LogP contribution in [0.2, 0.25) is 0 Å². The van der Waals surface area contributed by atoms with E-state index in [1.54, 1.807) is 18.5 Å². The number of esters is 1. The fourth-order valence-corrected chi connectivity index (χ4v) is 4.54. The molecule has 6 heteroatoms. The van der Waals surface area contributed by atoms with Gasteiger partial charge in [0.1, 0.15) is 18.6 Å². The van der Waals surface area contributed by atoms with Crippen molar-refractivity contribution in [2.24, 2.45) is 0 Å². The van der Waals surface area contributed by atoms with E-state index < -0.39 is 12.6 Å². The van der Waals surface area contributed by atoms with Crippen LogP contribution >= 0.6 is 0 Å². The number of benzene rings is 2. The van der Waals surface area contributed by atoms with Gasteiger partial charge in [0.25, 0.3) is 0 Å². The smallest absolute Gasteiger partial charge is 0.337 e. The van der Waals surface area contributed by atoms with E-state index in [0.29, 0.717) is 12.2 Å². The summed E-state index contributed by atoms with van der Waals surface area (Å²) in [6.07, 6.45) is 7.80. The number of carbonyl (C=O) groups excluding carboxylic acids is 2. The molecule has 1 heterocycles. The number of aromatic nitrogens is 1. The normalized spacial score (nSPS) is 16.0. The number of aldehydes is 1. The molecule has 2 aromatic carbocycles. The number of pyridine rings is 1. The minimum atomic E-state index is -0.668. The highest BCUT2D eigenvalue weighted by atomic mass is 16.5. The lowest BCUT2D eigenvalue weighted by atomic mass is 9.79. The molecule has 6 nitrogen and oxygen atoms in total. The van der Waals surface area contributed by atoms with Crippen LogP contribution in [-0.2, 0) is 16.0 Å². The van der Waals surface area contributed by atoms with Crippen LogP contribution in [0.15, 0.2) is 73.1 Å². The number of nitrogens with zero attached hydrogens (tertiary/aromatic N) is 2. The highest BCUT2D eigenvalue weighted by molar-refractivity contribution is 5.75. The molecule has 32 heavy (non-hydrogen) atoms. The molecule has 0 aliphatic heterocycles. The first-order chi connectivity index (χ1) is 15.7. The summed E-state index contributed by atoms with van der Waals surface area (Å²) >= 11 is 0. The maximum atomic E-state index is 12.4. The molecule has 1 aromatic heterocycles. The average molecular weight is 431 g/mol. The van der Waals surface area contributed by atoms with Crippen molar-refractivity contribution in [2.75, 3.05) is 11.5 Å². The fourth-order valence-electron chi connectivity index (χ4n) is 4.54. The molecular weight excluding hydrogens is 404 g/mol. The summed E-state index contributed by atoms with van der Waals surface area (Å²) in [5.41, 5.74) is 3.88. The lowest BCUT2D eigenvalue weighted by Crippen LogP contribution is -2.34. The van der Waals surface area contributed by atoms with Crippen molar-refractivity contribution in [3.05, 3.63) is 84.2 Å². The van der Waals surface area contributed by atoms with Gasteiger partial charge in [-0.25, -0.2) is 4.79 Å². The zero-order chi connectivity index (χ0) is 22.3. The lowest BCUT2D eigenvalue weighted by Gasteiger charge is -2.34.